The summed E-state index contributed by atoms with van der Waals surface area (Å²) >= 11 is 12.1. The second-order valence-electron chi connectivity index (χ2n) is 6.54. The molecule has 3 rings (SSSR count). The molecule has 1 aliphatic heterocycles. The molecule has 1 fully saturated rings. The highest BCUT2D eigenvalue weighted by Crippen LogP contribution is 2.29. The Bertz CT molecular complexity index is 739. The maximum Gasteiger partial charge on any atom is 0.238 e. The van der Waals surface area contributed by atoms with Crippen molar-refractivity contribution in [2.24, 2.45) is 0 Å². The van der Waals surface area contributed by atoms with Gasteiger partial charge in [0, 0.05) is 19.6 Å². The zero-order valence-electron chi connectivity index (χ0n) is 14.6. The number of hydrogen-bond donors (Lipinski definition) is 1. The lowest BCUT2D eigenvalue weighted by Gasteiger charge is -2.21. The normalized spacial score (nSPS) is 16.2. The summed E-state index contributed by atoms with van der Waals surface area (Å²) in [5.41, 5.74) is 1.89. The third kappa shape index (κ3) is 5.45. The third-order valence-electron chi connectivity index (χ3n) is 4.52. The molecule has 6 heteroatoms. The summed E-state index contributed by atoms with van der Waals surface area (Å²) in [5, 5.41) is 3.68. The van der Waals surface area contributed by atoms with E-state index in [1.807, 2.05) is 6.07 Å². The summed E-state index contributed by atoms with van der Waals surface area (Å²) in [7, 11) is 0. The van der Waals surface area contributed by atoms with Crippen LogP contribution in [-0.4, -0.2) is 48.4 Å². The van der Waals surface area contributed by atoms with Gasteiger partial charge in [0.2, 0.25) is 5.91 Å². The first-order valence-corrected chi connectivity index (χ1v) is 9.60. The van der Waals surface area contributed by atoms with Gasteiger partial charge < -0.3 is 5.32 Å². The van der Waals surface area contributed by atoms with Crippen LogP contribution in [-0.2, 0) is 11.3 Å². The first kappa shape index (κ1) is 19.2. The predicted molar refractivity (Wildman–Crippen MR) is 108 cm³/mol. The lowest BCUT2D eigenvalue weighted by Crippen LogP contribution is -2.36. The van der Waals surface area contributed by atoms with Crippen LogP contribution in [0.5, 0.6) is 0 Å². The van der Waals surface area contributed by atoms with Crippen LogP contribution < -0.4 is 5.32 Å². The molecule has 0 aromatic heterocycles. The van der Waals surface area contributed by atoms with Gasteiger partial charge in [0.05, 0.1) is 22.3 Å². The average molecular weight is 392 g/mol. The summed E-state index contributed by atoms with van der Waals surface area (Å²) in [6, 6.07) is 15.7. The van der Waals surface area contributed by atoms with Gasteiger partial charge in [-0.25, -0.2) is 0 Å². The van der Waals surface area contributed by atoms with Crippen molar-refractivity contribution < 1.29 is 4.79 Å². The smallest absolute Gasteiger partial charge is 0.238 e. The second kappa shape index (κ2) is 9.38. The van der Waals surface area contributed by atoms with Crippen LogP contribution in [0.15, 0.2) is 48.5 Å². The van der Waals surface area contributed by atoms with E-state index in [1.54, 1.807) is 18.2 Å². The molecule has 0 atom stereocenters. The minimum Gasteiger partial charge on any atom is -0.324 e. The van der Waals surface area contributed by atoms with E-state index in [9.17, 15) is 4.79 Å². The number of anilines is 1. The van der Waals surface area contributed by atoms with Gasteiger partial charge in [-0.2, -0.15) is 0 Å². The van der Waals surface area contributed by atoms with E-state index in [2.05, 4.69) is 39.4 Å². The van der Waals surface area contributed by atoms with Crippen LogP contribution >= 0.6 is 23.2 Å². The van der Waals surface area contributed by atoms with Crippen molar-refractivity contribution in [2.45, 2.75) is 13.0 Å². The van der Waals surface area contributed by atoms with Crippen molar-refractivity contribution in [3.63, 3.8) is 0 Å². The van der Waals surface area contributed by atoms with Crippen molar-refractivity contribution in [3.05, 3.63) is 64.1 Å². The lowest BCUT2D eigenvalue weighted by molar-refractivity contribution is -0.117. The van der Waals surface area contributed by atoms with Crippen molar-refractivity contribution in [1.29, 1.82) is 0 Å². The van der Waals surface area contributed by atoms with Crippen LogP contribution in [0.1, 0.15) is 12.0 Å². The molecule has 0 radical (unpaired) electrons. The Morgan fingerprint density at radius 1 is 0.923 bits per heavy atom. The first-order chi connectivity index (χ1) is 12.6. The fourth-order valence-corrected chi connectivity index (χ4v) is 3.52. The summed E-state index contributed by atoms with van der Waals surface area (Å²) < 4.78 is 0. The van der Waals surface area contributed by atoms with Crippen LogP contribution in [0.4, 0.5) is 5.69 Å². The van der Waals surface area contributed by atoms with Crippen molar-refractivity contribution in [3.8, 4) is 0 Å². The Labute approximate surface area is 164 Å². The number of nitrogens with zero attached hydrogens (tertiary/aromatic N) is 2. The van der Waals surface area contributed by atoms with Crippen LogP contribution in [0.2, 0.25) is 10.0 Å². The van der Waals surface area contributed by atoms with Gasteiger partial charge in [0.25, 0.3) is 0 Å². The van der Waals surface area contributed by atoms with Gasteiger partial charge in [-0.3, -0.25) is 14.6 Å². The van der Waals surface area contributed by atoms with Crippen molar-refractivity contribution in [1.82, 2.24) is 9.80 Å². The zero-order valence-corrected chi connectivity index (χ0v) is 16.1. The Balaban J connectivity index is 1.49. The third-order valence-corrected chi connectivity index (χ3v) is 5.34. The summed E-state index contributed by atoms with van der Waals surface area (Å²) in [5.74, 6) is -0.0642. The molecule has 1 N–H and O–H groups in total. The fourth-order valence-electron chi connectivity index (χ4n) is 3.18. The van der Waals surface area contributed by atoms with E-state index < -0.39 is 0 Å². The number of halogens is 2. The van der Waals surface area contributed by atoms with E-state index in [-0.39, 0.29) is 5.91 Å². The van der Waals surface area contributed by atoms with Gasteiger partial charge in [0.15, 0.2) is 0 Å². The average Bonchev–Trinajstić information content (AvgIpc) is 2.85. The van der Waals surface area contributed by atoms with Crippen molar-refractivity contribution in [2.75, 3.05) is 38.0 Å². The molecular weight excluding hydrogens is 369 g/mol. The maximum absolute atomic E-state index is 12.4. The van der Waals surface area contributed by atoms with E-state index in [4.69, 9.17) is 23.2 Å². The highest BCUT2D eigenvalue weighted by Gasteiger charge is 2.18. The number of carbonyl (C=O) groups is 1. The number of rotatable bonds is 5. The molecule has 0 bridgehead atoms. The minimum absolute atomic E-state index is 0.0642. The fraction of sp³-hybridized carbons (Fsp3) is 0.350. The molecule has 26 heavy (non-hydrogen) atoms. The molecular formula is C20H23Cl2N3O. The molecule has 0 unspecified atom stereocenters. The number of carbonyl (C=O) groups excluding carboxylic acids is 1. The Hall–Kier alpha value is -1.59. The summed E-state index contributed by atoms with van der Waals surface area (Å²) in [4.78, 5) is 17.0. The van der Waals surface area contributed by atoms with E-state index in [1.165, 1.54) is 5.56 Å². The number of benzene rings is 2. The molecule has 1 saturated heterocycles. The van der Waals surface area contributed by atoms with E-state index in [0.29, 0.717) is 22.3 Å². The quantitative estimate of drug-likeness (QED) is 0.831. The molecule has 0 saturated carbocycles. The molecule has 2 aromatic carbocycles. The maximum atomic E-state index is 12.4. The molecule has 138 valence electrons. The molecule has 1 aliphatic rings. The molecule has 1 amide bonds. The summed E-state index contributed by atoms with van der Waals surface area (Å²) in [6.07, 6.45) is 1.05. The van der Waals surface area contributed by atoms with E-state index in [0.717, 1.165) is 39.1 Å². The number of amides is 1. The molecule has 0 aliphatic carbocycles. The van der Waals surface area contributed by atoms with Gasteiger partial charge >= 0.3 is 0 Å². The topological polar surface area (TPSA) is 35.6 Å². The Morgan fingerprint density at radius 3 is 2.46 bits per heavy atom. The largest absolute Gasteiger partial charge is 0.324 e. The van der Waals surface area contributed by atoms with Gasteiger partial charge in [-0.1, -0.05) is 59.6 Å². The van der Waals surface area contributed by atoms with Crippen molar-refractivity contribution >= 4 is 34.8 Å². The Morgan fingerprint density at radius 2 is 1.65 bits per heavy atom. The summed E-state index contributed by atoms with van der Waals surface area (Å²) in [6.45, 7) is 5.12. The monoisotopic (exact) mass is 391 g/mol. The van der Waals surface area contributed by atoms with Crippen LogP contribution in [0.3, 0.4) is 0 Å². The predicted octanol–water partition coefficient (Wildman–Crippen LogP) is 4.14. The highest BCUT2D eigenvalue weighted by molar-refractivity contribution is 6.43. The second-order valence-corrected chi connectivity index (χ2v) is 7.33. The number of hydrogen-bond acceptors (Lipinski definition) is 3. The Kier molecular flexibility index (Phi) is 6.92. The highest BCUT2D eigenvalue weighted by atomic mass is 35.5. The first-order valence-electron chi connectivity index (χ1n) is 8.84. The number of nitrogens with one attached hydrogen (secondary N) is 1. The zero-order chi connectivity index (χ0) is 18.4. The standard InChI is InChI=1S/C20H23Cl2N3O/c21-17-8-4-9-18(20(17)22)23-19(26)15-25-11-5-10-24(12-13-25)14-16-6-2-1-3-7-16/h1-4,6-9H,5,10-15H2,(H,23,26). The molecule has 2 aromatic rings. The van der Waals surface area contributed by atoms with E-state index >= 15 is 0 Å². The van der Waals surface area contributed by atoms with Gasteiger partial charge in [0.1, 0.15) is 0 Å². The SMILES string of the molecule is O=C(CN1CCCN(Cc2ccccc2)CC1)Nc1cccc(Cl)c1Cl. The van der Waals surface area contributed by atoms with Crippen LogP contribution in [0, 0.1) is 0 Å². The molecule has 0 spiro atoms. The minimum atomic E-state index is -0.0642. The lowest BCUT2D eigenvalue weighted by atomic mass is 10.2. The molecule has 1 heterocycles. The van der Waals surface area contributed by atoms with Gasteiger partial charge in [-0.15, -0.1) is 0 Å². The van der Waals surface area contributed by atoms with Gasteiger partial charge in [-0.05, 0) is 37.2 Å². The van der Waals surface area contributed by atoms with Crippen LogP contribution in [0.25, 0.3) is 0 Å². The molecule has 4 nitrogen and oxygen atoms in total.